The molecule has 0 aliphatic carbocycles. The maximum Gasteiger partial charge on any atom is 0.0314 e. The second kappa shape index (κ2) is 4.34. The molecule has 0 atom stereocenters. The van der Waals surface area contributed by atoms with E-state index in [9.17, 15) is 0 Å². The molecule has 0 aromatic heterocycles. The molecule has 0 unspecified atom stereocenters. The number of benzene rings is 1. The number of nitrogens with two attached hydrogens (primary N) is 1. The van der Waals surface area contributed by atoms with Gasteiger partial charge in [0.25, 0.3) is 0 Å². The van der Waals surface area contributed by atoms with Crippen LogP contribution in [0.15, 0.2) is 24.3 Å². The zero-order chi connectivity index (χ0) is 6.69. The van der Waals surface area contributed by atoms with Gasteiger partial charge in [-0.25, -0.2) is 0 Å². The van der Waals surface area contributed by atoms with E-state index >= 15 is 0 Å². The minimum atomic E-state index is 0. The molecule has 1 aromatic rings. The molecule has 2 N–H and O–H groups in total. The number of hydrogen-bond donors (Lipinski definition) is 1. The van der Waals surface area contributed by atoms with Crippen molar-refractivity contribution in [2.75, 3.05) is 5.73 Å². The van der Waals surface area contributed by atoms with Crippen LogP contribution in [0.2, 0.25) is 0 Å². The molecule has 1 nitrogen and oxygen atoms in total. The van der Waals surface area contributed by atoms with E-state index < -0.39 is 0 Å². The number of anilines is 1. The molecule has 1 rings (SSSR count). The molecule has 0 aliphatic heterocycles. The first kappa shape index (κ1) is 9.50. The highest BCUT2D eigenvalue weighted by Gasteiger charge is 1.85. The quantitative estimate of drug-likeness (QED) is 0.695. The molecule has 0 fully saturated rings. The Morgan fingerprint density at radius 3 is 2.10 bits per heavy atom. The van der Waals surface area contributed by atoms with Crippen molar-refractivity contribution in [1.29, 1.82) is 0 Å². The van der Waals surface area contributed by atoms with Gasteiger partial charge in [0.05, 0.1) is 0 Å². The summed E-state index contributed by atoms with van der Waals surface area (Å²) in [5.74, 6) is 0. The van der Waals surface area contributed by atoms with Gasteiger partial charge in [0.2, 0.25) is 0 Å². The zero-order valence-electron chi connectivity index (χ0n) is 6.00. The smallest absolute Gasteiger partial charge is 0.0314 e. The summed E-state index contributed by atoms with van der Waals surface area (Å²) in [7, 11) is 0. The van der Waals surface area contributed by atoms with Gasteiger partial charge in [-0.3, -0.25) is 0 Å². The summed E-state index contributed by atoms with van der Waals surface area (Å²) in [6, 6.07) is 7.96. The van der Waals surface area contributed by atoms with E-state index in [4.69, 9.17) is 5.73 Å². The van der Waals surface area contributed by atoms with Crippen molar-refractivity contribution >= 4 is 22.7 Å². The molecular formula is C8H12BrN. The van der Waals surface area contributed by atoms with Crippen molar-refractivity contribution in [1.82, 2.24) is 0 Å². The fraction of sp³-hybridized carbons (Fsp3) is 0.250. The largest absolute Gasteiger partial charge is 0.399 e. The molecule has 56 valence electrons. The van der Waals surface area contributed by atoms with E-state index in [1.54, 1.807) is 0 Å². The highest BCUT2D eigenvalue weighted by atomic mass is 79.9. The Kier molecular flexibility index (Phi) is 4.12. The van der Waals surface area contributed by atoms with Crippen LogP contribution >= 0.6 is 17.0 Å². The van der Waals surface area contributed by atoms with E-state index in [1.165, 1.54) is 5.56 Å². The van der Waals surface area contributed by atoms with E-state index in [0.29, 0.717) is 0 Å². The monoisotopic (exact) mass is 201 g/mol. The molecule has 2 heteroatoms. The van der Waals surface area contributed by atoms with Crippen LogP contribution in [0, 0.1) is 0 Å². The summed E-state index contributed by atoms with van der Waals surface area (Å²) in [6.45, 7) is 2.13. The predicted octanol–water partition coefficient (Wildman–Crippen LogP) is 2.41. The van der Waals surface area contributed by atoms with E-state index in [1.807, 2.05) is 12.1 Å². The third-order valence-electron chi connectivity index (χ3n) is 1.39. The van der Waals surface area contributed by atoms with Crippen molar-refractivity contribution in [2.45, 2.75) is 13.3 Å². The first-order valence-electron chi connectivity index (χ1n) is 3.17. The molecule has 0 bridgehead atoms. The molecule has 0 spiro atoms. The van der Waals surface area contributed by atoms with Crippen molar-refractivity contribution < 1.29 is 0 Å². The third-order valence-corrected chi connectivity index (χ3v) is 1.39. The van der Waals surface area contributed by atoms with Gasteiger partial charge in [0, 0.05) is 5.69 Å². The van der Waals surface area contributed by atoms with Gasteiger partial charge in [0.1, 0.15) is 0 Å². The van der Waals surface area contributed by atoms with E-state index in [2.05, 4.69) is 19.1 Å². The lowest BCUT2D eigenvalue weighted by atomic mass is 10.2. The first-order valence-corrected chi connectivity index (χ1v) is 3.17. The fourth-order valence-electron chi connectivity index (χ4n) is 0.753. The molecule has 0 heterocycles. The summed E-state index contributed by atoms with van der Waals surface area (Å²) in [5.41, 5.74) is 7.66. The fourth-order valence-corrected chi connectivity index (χ4v) is 0.753. The highest BCUT2D eigenvalue weighted by Crippen LogP contribution is 2.04. The normalized spacial score (nSPS) is 8.50. The summed E-state index contributed by atoms with van der Waals surface area (Å²) in [6.07, 6.45) is 1.08. The molecule has 0 radical (unpaired) electrons. The Hall–Kier alpha value is -0.500. The number of rotatable bonds is 1. The summed E-state index contributed by atoms with van der Waals surface area (Å²) >= 11 is 0. The van der Waals surface area contributed by atoms with Gasteiger partial charge in [-0.15, -0.1) is 17.0 Å². The lowest BCUT2D eigenvalue weighted by Crippen LogP contribution is -1.84. The second-order valence-corrected chi connectivity index (χ2v) is 2.10. The van der Waals surface area contributed by atoms with Gasteiger partial charge in [0.15, 0.2) is 0 Å². The SMILES string of the molecule is Br.CCc1ccc(N)cc1. The van der Waals surface area contributed by atoms with Gasteiger partial charge in [-0.1, -0.05) is 19.1 Å². The zero-order valence-corrected chi connectivity index (χ0v) is 7.72. The van der Waals surface area contributed by atoms with Crippen LogP contribution in [0.4, 0.5) is 5.69 Å². The standard InChI is InChI=1S/C8H11N.BrH/c1-2-7-3-5-8(9)6-4-7;/h3-6H,2,9H2,1H3;1H. The molecule has 0 saturated carbocycles. The number of nitrogen functional groups attached to an aromatic ring is 1. The van der Waals surface area contributed by atoms with E-state index in [0.717, 1.165) is 12.1 Å². The van der Waals surface area contributed by atoms with Gasteiger partial charge < -0.3 is 5.73 Å². The van der Waals surface area contributed by atoms with Gasteiger partial charge in [-0.05, 0) is 24.1 Å². The molecule has 0 aliphatic rings. The Labute approximate surface area is 72.0 Å². The molecule has 0 amide bonds. The lowest BCUT2D eigenvalue weighted by Gasteiger charge is -1.94. The average molecular weight is 202 g/mol. The average Bonchev–Trinajstić information content (AvgIpc) is 1.90. The summed E-state index contributed by atoms with van der Waals surface area (Å²) in [4.78, 5) is 0. The highest BCUT2D eigenvalue weighted by molar-refractivity contribution is 8.93. The Balaban J connectivity index is 0.000000810. The van der Waals surface area contributed by atoms with Crippen LogP contribution in [0.5, 0.6) is 0 Å². The van der Waals surface area contributed by atoms with Crippen LogP contribution in [0.25, 0.3) is 0 Å². The number of hydrogen-bond acceptors (Lipinski definition) is 1. The minimum absolute atomic E-state index is 0. The predicted molar refractivity (Wildman–Crippen MR) is 50.6 cm³/mol. The van der Waals surface area contributed by atoms with Crippen LogP contribution in [0.1, 0.15) is 12.5 Å². The summed E-state index contributed by atoms with van der Waals surface area (Å²) < 4.78 is 0. The maximum absolute atomic E-state index is 5.48. The molecule has 1 aromatic carbocycles. The molecule has 10 heavy (non-hydrogen) atoms. The number of aryl methyl sites for hydroxylation is 1. The summed E-state index contributed by atoms with van der Waals surface area (Å²) in [5, 5.41) is 0. The van der Waals surface area contributed by atoms with Gasteiger partial charge in [-0.2, -0.15) is 0 Å². The number of halogens is 1. The van der Waals surface area contributed by atoms with E-state index in [-0.39, 0.29) is 17.0 Å². The van der Waals surface area contributed by atoms with Crippen molar-refractivity contribution in [2.24, 2.45) is 0 Å². The maximum atomic E-state index is 5.48. The topological polar surface area (TPSA) is 26.0 Å². The van der Waals surface area contributed by atoms with Crippen LogP contribution in [-0.2, 0) is 6.42 Å². The van der Waals surface area contributed by atoms with Crippen molar-refractivity contribution in [3.63, 3.8) is 0 Å². The molecule has 0 saturated heterocycles. The Bertz CT molecular complexity index is 181. The third kappa shape index (κ3) is 2.40. The van der Waals surface area contributed by atoms with Crippen molar-refractivity contribution in [3.8, 4) is 0 Å². The van der Waals surface area contributed by atoms with Crippen LogP contribution in [0.3, 0.4) is 0 Å². The first-order chi connectivity index (χ1) is 4.33. The Morgan fingerprint density at radius 2 is 1.70 bits per heavy atom. The van der Waals surface area contributed by atoms with Crippen molar-refractivity contribution in [3.05, 3.63) is 29.8 Å². The van der Waals surface area contributed by atoms with Crippen LogP contribution in [-0.4, -0.2) is 0 Å². The van der Waals surface area contributed by atoms with Gasteiger partial charge >= 0.3 is 0 Å². The minimum Gasteiger partial charge on any atom is -0.399 e. The van der Waals surface area contributed by atoms with Crippen LogP contribution < -0.4 is 5.73 Å². The second-order valence-electron chi connectivity index (χ2n) is 2.10. The lowest BCUT2D eigenvalue weighted by molar-refractivity contribution is 1.14. The Morgan fingerprint density at radius 1 is 1.20 bits per heavy atom. The molecular weight excluding hydrogens is 190 g/mol.